The minimum Gasteiger partial charge on any atom is -0.395 e. The number of sulfonamides is 1. The Morgan fingerprint density at radius 3 is 2.50 bits per heavy atom. The molecule has 1 atom stereocenters. The summed E-state index contributed by atoms with van der Waals surface area (Å²) < 4.78 is 40.7. The third-order valence-electron chi connectivity index (χ3n) is 2.89. The summed E-state index contributed by atoms with van der Waals surface area (Å²) in [5.74, 6) is -1.10. The molecule has 114 valence electrons. The van der Waals surface area contributed by atoms with Gasteiger partial charge < -0.3 is 10.8 Å². The standard InChI is InChI=1S/C11H15BrClFN2O3S/c1-5(17)11(2,3)16-20(18,19)7-4-6(13)8(12)10(15)9(7)14/h4-5,16-17H,15H2,1-3H3. The molecule has 1 aromatic rings. The number of hydrogen-bond donors (Lipinski definition) is 3. The number of benzene rings is 1. The van der Waals surface area contributed by atoms with Crippen molar-refractivity contribution >= 4 is 43.2 Å². The van der Waals surface area contributed by atoms with Crippen LogP contribution in [0.3, 0.4) is 0 Å². The van der Waals surface area contributed by atoms with Crippen molar-refractivity contribution in [1.82, 2.24) is 4.72 Å². The van der Waals surface area contributed by atoms with E-state index in [4.69, 9.17) is 17.3 Å². The highest BCUT2D eigenvalue weighted by Gasteiger charge is 2.33. The third kappa shape index (κ3) is 3.43. The molecule has 0 bridgehead atoms. The summed E-state index contributed by atoms with van der Waals surface area (Å²) in [6, 6.07) is 0.956. The molecule has 1 unspecified atom stereocenters. The average Bonchev–Trinajstić information content (AvgIpc) is 2.29. The number of aliphatic hydroxyl groups is 1. The summed E-state index contributed by atoms with van der Waals surface area (Å²) in [7, 11) is -4.23. The van der Waals surface area contributed by atoms with E-state index in [2.05, 4.69) is 20.7 Å². The van der Waals surface area contributed by atoms with Gasteiger partial charge in [0.05, 0.1) is 26.8 Å². The number of aliphatic hydroxyl groups excluding tert-OH is 1. The van der Waals surface area contributed by atoms with Gasteiger partial charge in [0.15, 0.2) is 5.82 Å². The molecule has 0 aliphatic heterocycles. The molecule has 5 nitrogen and oxygen atoms in total. The van der Waals surface area contributed by atoms with Crippen LogP contribution in [0.25, 0.3) is 0 Å². The lowest BCUT2D eigenvalue weighted by Gasteiger charge is -2.29. The molecule has 0 aromatic heterocycles. The fourth-order valence-corrected chi connectivity index (χ4v) is 3.44. The molecule has 0 radical (unpaired) electrons. The van der Waals surface area contributed by atoms with Crippen molar-refractivity contribution in [3.63, 3.8) is 0 Å². The molecule has 0 saturated carbocycles. The first-order valence-electron chi connectivity index (χ1n) is 5.55. The number of nitrogens with one attached hydrogen (secondary N) is 1. The predicted molar refractivity (Wildman–Crippen MR) is 79.6 cm³/mol. The van der Waals surface area contributed by atoms with Crippen molar-refractivity contribution in [2.45, 2.75) is 37.3 Å². The predicted octanol–water partition coefficient (Wildman–Crippen LogP) is 2.26. The van der Waals surface area contributed by atoms with Crippen LogP contribution in [-0.4, -0.2) is 25.2 Å². The fraction of sp³-hybridized carbons (Fsp3) is 0.455. The van der Waals surface area contributed by atoms with E-state index in [0.29, 0.717) is 0 Å². The van der Waals surface area contributed by atoms with Gasteiger partial charge in [-0.2, -0.15) is 0 Å². The maximum Gasteiger partial charge on any atom is 0.244 e. The van der Waals surface area contributed by atoms with Gasteiger partial charge in [-0.15, -0.1) is 0 Å². The molecule has 1 aromatic carbocycles. The van der Waals surface area contributed by atoms with Crippen LogP contribution in [0.15, 0.2) is 15.4 Å². The number of nitrogen functional groups attached to an aromatic ring is 1. The number of rotatable bonds is 4. The minimum atomic E-state index is -4.23. The summed E-state index contributed by atoms with van der Waals surface area (Å²) >= 11 is 8.76. The van der Waals surface area contributed by atoms with E-state index in [1.54, 1.807) is 0 Å². The highest BCUT2D eigenvalue weighted by Crippen LogP contribution is 2.35. The van der Waals surface area contributed by atoms with Gasteiger partial charge in [-0.05, 0) is 42.8 Å². The third-order valence-corrected chi connectivity index (χ3v) is 5.94. The normalized spacial score (nSPS) is 14.3. The van der Waals surface area contributed by atoms with Crippen LogP contribution < -0.4 is 10.5 Å². The van der Waals surface area contributed by atoms with Crippen molar-refractivity contribution in [1.29, 1.82) is 0 Å². The Balaban J connectivity index is 3.38. The van der Waals surface area contributed by atoms with Crippen LogP contribution in [0.5, 0.6) is 0 Å². The SMILES string of the molecule is CC(O)C(C)(C)NS(=O)(=O)c1cc(Cl)c(Br)c(N)c1F. The van der Waals surface area contributed by atoms with E-state index in [9.17, 15) is 17.9 Å². The van der Waals surface area contributed by atoms with E-state index in [0.717, 1.165) is 6.07 Å². The van der Waals surface area contributed by atoms with Crippen LogP contribution in [0.2, 0.25) is 5.02 Å². The Morgan fingerprint density at radius 2 is 2.05 bits per heavy atom. The molecule has 0 spiro atoms. The molecule has 0 fully saturated rings. The van der Waals surface area contributed by atoms with Gasteiger partial charge in [0, 0.05) is 0 Å². The number of nitrogens with two attached hydrogens (primary N) is 1. The lowest BCUT2D eigenvalue weighted by atomic mass is 10.0. The second kappa shape index (κ2) is 5.76. The zero-order valence-electron chi connectivity index (χ0n) is 11.0. The highest BCUT2D eigenvalue weighted by molar-refractivity contribution is 9.10. The number of halogens is 3. The molecule has 0 saturated heterocycles. The lowest BCUT2D eigenvalue weighted by Crippen LogP contribution is -2.50. The van der Waals surface area contributed by atoms with E-state index in [-0.39, 0.29) is 9.50 Å². The van der Waals surface area contributed by atoms with Crippen LogP contribution >= 0.6 is 27.5 Å². The average molecular weight is 390 g/mol. The zero-order valence-corrected chi connectivity index (χ0v) is 14.2. The van der Waals surface area contributed by atoms with Gasteiger partial charge in [0.1, 0.15) is 4.90 Å². The smallest absolute Gasteiger partial charge is 0.244 e. The van der Waals surface area contributed by atoms with Crippen LogP contribution in [0.4, 0.5) is 10.1 Å². The zero-order chi connectivity index (χ0) is 15.9. The molecular formula is C11H15BrClFN2O3S. The van der Waals surface area contributed by atoms with Gasteiger partial charge in [-0.25, -0.2) is 17.5 Å². The van der Waals surface area contributed by atoms with E-state index in [1.165, 1.54) is 20.8 Å². The quantitative estimate of drug-likeness (QED) is 0.544. The first kappa shape index (κ1) is 17.6. The molecule has 0 amide bonds. The summed E-state index contributed by atoms with van der Waals surface area (Å²) in [5.41, 5.74) is 3.88. The van der Waals surface area contributed by atoms with Crippen molar-refractivity contribution in [2.24, 2.45) is 0 Å². The lowest BCUT2D eigenvalue weighted by molar-refractivity contribution is 0.111. The van der Waals surface area contributed by atoms with E-state index < -0.39 is 38.1 Å². The van der Waals surface area contributed by atoms with Crippen LogP contribution in [0, 0.1) is 5.82 Å². The maximum absolute atomic E-state index is 14.0. The van der Waals surface area contributed by atoms with Crippen molar-refractivity contribution in [3.8, 4) is 0 Å². The van der Waals surface area contributed by atoms with Gasteiger partial charge >= 0.3 is 0 Å². The first-order chi connectivity index (χ1) is 8.90. The summed E-state index contributed by atoms with van der Waals surface area (Å²) in [4.78, 5) is -0.670. The van der Waals surface area contributed by atoms with Gasteiger partial charge in [0.25, 0.3) is 0 Å². The number of hydrogen-bond acceptors (Lipinski definition) is 4. The Hall–Kier alpha value is -0.410. The molecular weight excluding hydrogens is 375 g/mol. The van der Waals surface area contributed by atoms with Gasteiger partial charge in [0.2, 0.25) is 10.0 Å². The van der Waals surface area contributed by atoms with Crippen molar-refractivity contribution in [3.05, 3.63) is 21.4 Å². The molecule has 0 heterocycles. The highest BCUT2D eigenvalue weighted by atomic mass is 79.9. The largest absolute Gasteiger partial charge is 0.395 e. The molecule has 4 N–H and O–H groups in total. The monoisotopic (exact) mass is 388 g/mol. The van der Waals surface area contributed by atoms with Gasteiger partial charge in [-0.3, -0.25) is 0 Å². The molecule has 0 aliphatic rings. The molecule has 0 aliphatic carbocycles. The van der Waals surface area contributed by atoms with E-state index >= 15 is 0 Å². The Kier molecular flexibility index (Phi) is 5.08. The Labute approximate surface area is 130 Å². The minimum absolute atomic E-state index is 0.0286. The topological polar surface area (TPSA) is 92.4 Å². The number of anilines is 1. The summed E-state index contributed by atoms with van der Waals surface area (Å²) in [6.45, 7) is 4.36. The Bertz CT molecular complexity index is 635. The van der Waals surface area contributed by atoms with Crippen LogP contribution in [-0.2, 0) is 10.0 Å². The van der Waals surface area contributed by atoms with Crippen LogP contribution in [0.1, 0.15) is 20.8 Å². The van der Waals surface area contributed by atoms with Crippen molar-refractivity contribution < 1.29 is 17.9 Å². The molecule has 1 rings (SSSR count). The fourth-order valence-electron chi connectivity index (χ4n) is 1.28. The van der Waals surface area contributed by atoms with E-state index in [1.807, 2.05) is 0 Å². The van der Waals surface area contributed by atoms with Gasteiger partial charge in [-0.1, -0.05) is 11.6 Å². The second-order valence-electron chi connectivity index (χ2n) is 4.90. The molecule has 20 heavy (non-hydrogen) atoms. The maximum atomic E-state index is 14.0. The second-order valence-corrected chi connectivity index (χ2v) is 7.75. The Morgan fingerprint density at radius 1 is 1.55 bits per heavy atom. The van der Waals surface area contributed by atoms with Crippen molar-refractivity contribution in [2.75, 3.05) is 5.73 Å². The summed E-state index contributed by atoms with van der Waals surface area (Å²) in [5, 5.41) is 9.51. The first-order valence-corrected chi connectivity index (χ1v) is 8.20. The summed E-state index contributed by atoms with van der Waals surface area (Å²) in [6.07, 6.45) is -0.983. The molecule has 9 heteroatoms.